The largest absolute Gasteiger partial charge is 0.490 e. The van der Waals surface area contributed by atoms with E-state index in [1.54, 1.807) is 17.0 Å². The van der Waals surface area contributed by atoms with Gasteiger partial charge in [0.15, 0.2) is 15.8 Å². The van der Waals surface area contributed by atoms with Crippen LogP contribution in [0.2, 0.25) is 10.0 Å². The molecule has 0 aromatic heterocycles. The third-order valence-electron chi connectivity index (χ3n) is 5.82. The van der Waals surface area contributed by atoms with Gasteiger partial charge in [0.25, 0.3) is 5.91 Å². The fourth-order valence-electron chi connectivity index (χ4n) is 4.09. The second kappa shape index (κ2) is 11.7. The molecular formula is C29H20BrCl2NO3S2. The molecule has 1 aliphatic heterocycles. The van der Waals surface area contributed by atoms with Gasteiger partial charge in [-0.05, 0) is 70.2 Å². The van der Waals surface area contributed by atoms with Crippen LogP contribution in [0.4, 0.5) is 5.69 Å². The highest BCUT2D eigenvalue weighted by molar-refractivity contribution is 9.10. The Kier molecular flexibility index (Phi) is 8.31. The van der Waals surface area contributed by atoms with Crippen LogP contribution in [-0.4, -0.2) is 16.8 Å². The summed E-state index contributed by atoms with van der Waals surface area (Å²) < 4.78 is 13.1. The summed E-state index contributed by atoms with van der Waals surface area (Å²) in [5.74, 6) is 0.921. The van der Waals surface area contributed by atoms with Crippen LogP contribution in [-0.2, 0) is 11.4 Å². The molecule has 38 heavy (non-hydrogen) atoms. The molecule has 0 aliphatic carbocycles. The fourth-order valence-corrected chi connectivity index (χ4v) is 6.42. The van der Waals surface area contributed by atoms with Gasteiger partial charge in [0.05, 0.1) is 21.7 Å². The van der Waals surface area contributed by atoms with E-state index in [0.717, 1.165) is 27.6 Å². The second-order valence-electron chi connectivity index (χ2n) is 8.30. The zero-order chi connectivity index (χ0) is 26.8. The number of carbonyl (C=O) groups excluding carboxylic acids is 1. The number of carbonyl (C=O) groups is 1. The van der Waals surface area contributed by atoms with Crippen molar-refractivity contribution in [3.63, 3.8) is 0 Å². The van der Waals surface area contributed by atoms with Crippen molar-refractivity contribution >= 4 is 95.9 Å². The molecule has 4 nitrogen and oxygen atoms in total. The van der Waals surface area contributed by atoms with Gasteiger partial charge < -0.3 is 9.47 Å². The highest BCUT2D eigenvalue weighted by atomic mass is 79.9. The van der Waals surface area contributed by atoms with Crippen molar-refractivity contribution in [1.29, 1.82) is 0 Å². The molecule has 0 unspecified atom stereocenters. The van der Waals surface area contributed by atoms with Crippen molar-refractivity contribution in [2.24, 2.45) is 0 Å². The van der Waals surface area contributed by atoms with Crippen molar-refractivity contribution in [2.75, 3.05) is 11.5 Å². The molecule has 0 bridgehead atoms. The lowest BCUT2D eigenvalue weighted by molar-refractivity contribution is -0.113. The van der Waals surface area contributed by atoms with E-state index < -0.39 is 0 Å². The number of amides is 1. The smallest absolute Gasteiger partial charge is 0.270 e. The summed E-state index contributed by atoms with van der Waals surface area (Å²) >= 11 is 22.8. The lowest BCUT2D eigenvalue weighted by atomic mass is 10.1. The zero-order valence-corrected chi connectivity index (χ0v) is 24.8. The Morgan fingerprint density at radius 1 is 1.03 bits per heavy atom. The molecule has 192 valence electrons. The number of rotatable bonds is 7. The van der Waals surface area contributed by atoms with Gasteiger partial charge in [0.2, 0.25) is 0 Å². The Morgan fingerprint density at radius 3 is 2.61 bits per heavy atom. The maximum absolute atomic E-state index is 13.5. The Morgan fingerprint density at radius 2 is 1.82 bits per heavy atom. The van der Waals surface area contributed by atoms with Crippen LogP contribution < -0.4 is 14.4 Å². The minimum absolute atomic E-state index is 0.164. The Bertz CT molecular complexity index is 1600. The standard InChI is InChI=1S/C29H20BrCl2NO3S2/c1-2-35-25-13-17(12-22(30)27(25)36-16-19-10-11-20(31)15-23(19)32)14-26-28(34)33(29(37)38-26)24-9-5-7-18-6-3-4-8-21(18)24/h3-15H,2,16H2,1H3/b26-14+. The minimum atomic E-state index is -0.164. The molecule has 0 radical (unpaired) electrons. The van der Waals surface area contributed by atoms with Crippen LogP contribution in [0.15, 0.2) is 82.2 Å². The van der Waals surface area contributed by atoms with Crippen LogP contribution in [0.3, 0.4) is 0 Å². The van der Waals surface area contributed by atoms with Crippen LogP contribution in [0.25, 0.3) is 16.8 Å². The van der Waals surface area contributed by atoms with E-state index in [0.29, 0.717) is 41.8 Å². The number of hydrogen-bond donors (Lipinski definition) is 0. The Hall–Kier alpha value is -2.55. The fraction of sp³-hybridized carbons (Fsp3) is 0.103. The predicted molar refractivity (Wildman–Crippen MR) is 166 cm³/mol. The van der Waals surface area contributed by atoms with Crippen molar-refractivity contribution in [3.8, 4) is 11.5 Å². The number of nitrogens with zero attached hydrogens (tertiary/aromatic N) is 1. The van der Waals surface area contributed by atoms with Gasteiger partial charge in [-0.3, -0.25) is 9.69 Å². The van der Waals surface area contributed by atoms with Gasteiger partial charge in [0, 0.05) is 21.0 Å². The molecule has 0 saturated carbocycles. The number of thiocarbonyl (C=S) groups is 1. The number of benzene rings is 4. The van der Waals surface area contributed by atoms with Crippen molar-refractivity contribution in [2.45, 2.75) is 13.5 Å². The summed E-state index contributed by atoms with van der Waals surface area (Å²) in [5.41, 5.74) is 2.34. The zero-order valence-electron chi connectivity index (χ0n) is 20.0. The molecular weight excluding hydrogens is 625 g/mol. The third-order valence-corrected chi connectivity index (χ3v) is 8.30. The average Bonchev–Trinajstić information content (AvgIpc) is 3.16. The number of hydrogen-bond acceptors (Lipinski definition) is 5. The van der Waals surface area contributed by atoms with Crippen LogP contribution in [0.5, 0.6) is 11.5 Å². The number of fused-ring (bicyclic) bond motifs is 1. The van der Waals surface area contributed by atoms with Gasteiger partial charge >= 0.3 is 0 Å². The SMILES string of the molecule is CCOc1cc(/C=C2/SC(=S)N(c3cccc4ccccc34)C2=O)cc(Br)c1OCc1ccc(Cl)cc1Cl. The number of thioether (sulfide) groups is 1. The van der Waals surface area contributed by atoms with E-state index in [9.17, 15) is 4.79 Å². The normalized spacial score (nSPS) is 14.5. The van der Waals surface area contributed by atoms with Gasteiger partial charge in [-0.1, -0.05) is 89.6 Å². The van der Waals surface area contributed by atoms with Gasteiger partial charge in [0.1, 0.15) is 6.61 Å². The van der Waals surface area contributed by atoms with Gasteiger partial charge in [-0.25, -0.2) is 0 Å². The molecule has 1 amide bonds. The average molecular weight is 645 g/mol. The van der Waals surface area contributed by atoms with E-state index in [2.05, 4.69) is 15.9 Å². The predicted octanol–water partition coefficient (Wildman–Crippen LogP) is 9.29. The lowest BCUT2D eigenvalue weighted by Gasteiger charge is -2.17. The summed E-state index contributed by atoms with van der Waals surface area (Å²) in [6.07, 6.45) is 1.82. The van der Waals surface area contributed by atoms with Gasteiger partial charge in [-0.15, -0.1) is 0 Å². The third kappa shape index (κ3) is 5.58. The molecule has 1 saturated heterocycles. The first-order valence-corrected chi connectivity index (χ1v) is 14.4. The maximum Gasteiger partial charge on any atom is 0.270 e. The number of halogens is 3. The summed E-state index contributed by atoms with van der Waals surface area (Å²) in [7, 11) is 0. The summed E-state index contributed by atoms with van der Waals surface area (Å²) in [4.78, 5) is 15.6. The maximum atomic E-state index is 13.5. The molecule has 4 aromatic rings. The van der Waals surface area contributed by atoms with Gasteiger partial charge in [-0.2, -0.15) is 0 Å². The van der Waals surface area contributed by atoms with E-state index in [1.165, 1.54) is 11.8 Å². The summed E-state index contributed by atoms with van der Waals surface area (Å²) in [5, 5.41) is 3.10. The first kappa shape index (κ1) is 27.0. The number of anilines is 1. The lowest BCUT2D eigenvalue weighted by Crippen LogP contribution is -2.27. The minimum Gasteiger partial charge on any atom is -0.490 e. The molecule has 0 atom stereocenters. The van der Waals surface area contributed by atoms with E-state index in [1.807, 2.05) is 73.7 Å². The highest BCUT2D eigenvalue weighted by Crippen LogP contribution is 2.42. The van der Waals surface area contributed by atoms with E-state index in [4.69, 9.17) is 44.9 Å². The molecule has 1 heterocycles. The Labute approximate surface area is 248 Å². The van der Waals surface area contributed by atoms with Crippen molar-refractivity contribution in [3.05, 3.63) is 103 Å². The topological polar surface area (TPSA) is 38.8 Å². The van der Waals surface area contributed by atoms with E-state index in [-0.39, 0.29) is 12.5 Å². The van der Waals surface area contributed by atoms with Crippen LogP contribution in [0, 0.1) is 0 Å². The summed E-state index contributed by atoms with van der Waals surface area (Å²) in [6.45, 7) is 2.57. The Balaban J connectivity index is 1.44. The molecule has 0 spiro atoms. The molecule has 4 aromatic carbocycles. The molecule has 5 rings (SSSR count). The monoisotopic (exact) mass is 643 g/mol. The molecule has 0 N–H and O–H groups in total. The quantitative estimate of drug-likeness (QED) is 0.148. The van der Waals surface area contributed by atoms with Crippen LogP contribution in [0.1, 0.15) is 18.1 Å². The molecule has 1 fully saturated rings. The summed E-state index contributed by atoms with van der Waals surface area (Å²) in [6, 6.07) is 22.8. The van der Waals surface area contributed by atoms with E-state index >= 15 is 0 Å². The second-order valence-corrected chi connectivity index (χ2v) is 11.7. The van der Waals surface area contributed by atoms with Crippen molar-refractivity contribution < 1.29 is 14.3 Å². The van der Waals surface area contributed by atoms with Crippen molar-refractivity contribution in [1.82, 2.24) is 0 Å². The van der Waals surface area contributed by atoms with Crippen LogP contribution >= 0.6 is 63.1 Å². The highest BCUT2D eigenvalue weighted by Gasteiger charge is 2.34. The molecule has 1 aliphatic rings. The molecule has 9 heteroatoms. The number of ether oxygens (including phenoxy) is 2. The first-order valence-electron chi connectivity index (χ1n) is 11.6. The first-order chi connectivity index (χ1) is 18.4.